The molecule has 1 N–H and O–H groups in total. The number of aryl methyl sites for hydroxylation is 1. The number of hydrogen-bond donors (Lipinski definition) is 1. The number of halogens is 3. The highest BCUT2D eigenvalue weighted by Gasteiger charge is 2.28. The second-order valence-corrected chi connectivity index (χ2v) is 3.92. The van der Waals surface area contributed by atoms with Crippen molar-refractivity contribution < 1.29 is 23.0 Å². The molecule has 1 atom stereocenters. The van der Waals surface area contributed by atoms with Gasteiger partial charge in [0, 0.05) is 5.92 Å². The summed E-state index contributed by atoms with van der Waals surface area (Å²) < 4.78 is 40.2. The van der Waals surface area contributed by atoms with Crippen LogP contribution in [0.25, 0.3) is 0 Å². The lowest BCUT2D eigenvalue weighted by atomic mass is 9.99. The van der Waals surface area contributed by atoms with Gasteiger partial charge < -0.3 is 9.84 Å². The van der Waals surface area contributed by atoms with Crippen LogP contribution in [0, 0.1) is 6.92 Å². The van der Waals surface area contributed by atoms with Gasteiger partial charge in [0.2, 0.25) is 0 Å². The van der Waals surface area contributed by atoms with Gasteiger partial charge in [-0.1, -0.05) is 29.8 Å². The summed E-state index contributed by atoms with van der Waals surface area (Å²) in [4.78, 5) is 0. The van der Waals surface area contributed by atoms with Crippen molar-refractivity contribution in [2.45, 2.75) is 19.0 Å². The van der Waals surface area contributed by atoms with Crippen LogP contribution in [-0.4, -0.2) is 31.1 Å². The lowest BCUT2D eigenvalue weighted by molar-refractivity contribution is -0.175. The number of hydrogen-bond acceptors (Lipinski definition) is 2. The molecule has 1 rings (SSSR count). The minimum atomic E-state index is -4.33. The normalized spacial score (nSPS) is 13.7. The fourth-order valence-electron chi connectivity index (χ4n) is 1.50. The Labute approximate surface area is 98.0 Å². The number of aliphatic hydroxyl groups excluding tert-OH is 1. The van der Waals surface area contributed by atoms with E-state index >= 15 is 0 Å². The summed E-state index contributed by atoms with van der Waals surface area (Å²) in [5.41, 5.74) is 1.78. The molecule has 0 amide bonds. The average Bonchev–Trinajstić information content (AvgIpc) is 2.23. The van der Waals surface area contributed by atoms with Crippen LogP contribution in [0.15, 0.2) is 24.3 Å². The molecule has 0 fully saturated rings. The van der Waals surface area contributed by atoms with Crippen molar-refractivity contribution in [1.29, 1.82) is 0 Å². The third kappa shape index (κ3) is 5.19. The minimum Gasteiger partial charge on any atom is -0.396 e. The van der Waals surface area contributed by atoms with E-state index in [0.717, 1.165) is 11.1 Å². The van der Waals surface area contributed by atoms with Crippen molar-refractivity contribution in [1.82, 2.24) is 0 Å². The van der Waals surface area contributed by atoms with Crippen molar-refractivity contribution >= 4 is 0 Å². The van der Waals surface area contributed by atoms with Gasteiger partial charge in [0.1, 0.15) is 6.61 Å². The van der Waals surface area contributed by atoms with E-state index in [1.54, 1.807) is 12.1 Å². The van der Waals surface area contributed by atoms with E-state index < -0.39 is 18.7 Å². The SMILES string of the molecule is Cc1cccc(C(CO)COCC(F)(F)F)c1. The van der Waals surface area contributed by atoms with Gasteiger partial charge in [-0.05, 0) is 12.5 Å². The van der Waals surface area contributed by atoms with E-state index in [1.165, 1.54) is 0 Å². The Balaban J connectivity index is 2.54. The highest BCUT2D eigenvalue weighted by Crippen LogP contribution is 2.19. The number of benzene rings is 1. The van der Waals surface area contributed by atoms with Gasteiger partial charge in [0.15, 0.2) is 0 Å². The van der Waals surface area contributed by atoms with Gasteiger partial charge in [-0.3, -0.25) is 0 Å². The Morgan fingerprint density at radius 1 is 1.35 bits per heavy atom. The number of ether oxygens (including phenoxy) is 1. The Morgan fingerprint density at radius 2 is 2.06 bits per heavy atom. The molecule has 17 heavy (non-hydrogen) atoms. The van der Waals surface area contributed by atoms with E-state index in [4.69, 9.17) is 5.11 Å². The summed E-state index contributed by atoms with van der Waals surface area (Å²) in [6.45, 7) is 0.227. The first kappa shape index (κ1) is 14.0. The molecule has 0 aliphatic rings. The molecule has 0 aliphatic heterocycles. The van der Waals surface area contributed by atoms with Crippen LogP contribution in [0.3, 0.4) is 0 Å². The molecule has 1 unspecified atom stereocenters. The van der Waals surface area contributed by atoms with Crippen molar-refractivity contribution in [3.63, 3.8) is 0 Å². The molecule has 5 heteroatoms. The summed E-state index contributed by atoms with van der Waals surface area (Å²) in [5.74, 6) is -0.419. The van der Waals surface area contributed by atoms with Crippen LogP contribution >= 0.6 is 0 Å². The topological polar surface area (TPSA) is 29.5 Å². The molecule has 0 aliphatic carbocycles. The third-order valence-corrected chi connectivity index (χ3v) is 2.32. The predicted molar refractivity (Wildman–Crippen MR) is 57.9 cm³/mol. The van der Waals surface area contributed by atoms with Crippen LogP contribution in [0.4, 0.5) is 13.2 Å². The van der Waals surface area contributed by atoms with E-state index in [-0.39, 0.29) is 13.2 Å². The summed E-state index contributed by atoms with van der Waals surface area (Å²) in [5, 5.41) is 9.14. The summed E-state index contributed by atoms with van der Waals surface area (Å²) in [6, 6.07) is 7.29. The molecule has 0 aromatic heterocycles. The molecule has 0 saturated heterocycles. The smallest absolute Gasteiger partial charge is 0.396 e. The second kappa shape index (κ2) is 6.02. The molecule has 0 spiro atoms. The molecule has 96 valence electrons. The van der Waals surface area contributed by atoms with Gasteiger partial charge in [-0.2, -0.15) is 13.2 Å². The first-order chi connectivity index (χ1) is 7.92. The van der Waals surface area contributed by atoms with Gasteiger partial charge >= 0.3 is 6.18 Å². The fraction of sp³-hybridized carbons (Fsp3) is 0.500. The zero-order chi connectivity index (χ0) is 12.9. The maximum Gasteiger partial charge on any atom is 0.411 e. The first-order valence-electron chi connectivity index (χ1n) is 5.24. The molecule has 0 radical (unpaired) electrons. The molecule has 0 saturated carbocycles. The standard InChI is InChI=1S/C12H15F3O2/c1-9-3-2-4-10(5-9)11(6-16)7-17-8-12(13,14)15/h2-5,11,16H,6-8H2,1H3. The maximum absolute atomic E-state index is 11.9. The first-order valence-corrected chi connectivity index (χ1v) is 5.24. The molecule has 0 bridgehead atoms. The van der Waals surface area contributed by atoms with Crippen LogP contribution in [0.5, 0.6) is 0 Å². The lowest BCUT2D eigenvalue weighted by Gasteiger charge is -2.16. The van der Waals surface area contributed by atoms with Gasteiger partial charge in [0.05, 0.1) is 13.2 Å². The Morgan fingerprint density at radius 3 is 2.59 bits per heavy atom. The third-order valence-electron chi connectivity index (χ3n) is 2.32. The zero-order valence-corrected chi connectivity index (χ0v) is 9.50. The molecule has 1 aromatic carbocycles. The van der Waals surface area contributed by atoms with Crippen LogP contribution < -0.4 is 0 Å². The second-order valence-electron chi connectivity index (χ2n) is 3.92. The monoisotopic (exact) mass is 248 g/mol. The number of rotatable bonds is 5. The number of alkyl halides is 3. The van der Waals surface area contributed by atoms with Crippen LogP contribution in [0.2, 0.25) is 0 Å². The minimum absolute atomic E-state index is 0.139. The molecule has 2 nitrogen and oxygen atoms in total. The van der Waals surface area contributed by atoms with Crippen LogP contribution in [0.1, 0.15) is 17.0 Å². The molecule has 0 heterocycles. The molecular formula is C12H15F3O2. The van der Waals surface area contributed by atoms with E-state index in [2.05, 4.69) is 4.74 Å². The zero-order valence-electron chi connectivity index (χ0n) is 9.50. The summed E-state index contributed by atoms with van der Waals surface area (Å²) in [7, 11) is 0. The van der Waals surface area contributed by atoms with Crippen molar-refractivity contribution in [3.05, 3.63) is 35.4 Å². The van der Waals surface area contributed by atoms with E-state index in [9.17, 15) is 13.2 Å². The highest BCUT2D eigenvalue weighted by atomic mass is 19.4. The van der Waals surface area contributed by atoms with Gasteiger partial charge in [0.25, 0.3) is 0 Å². The summed E-state index contributed by atoms with van der Waals surface area (Å²) >= 11 is 0. The van der Waals surface area contributed by atoms with Crippen LogP contribution in [-0.2, 0) is 4.74 Å². The Hall–Kier alpha value is -1.07. The van der Waals surface area contributed by atoms with E-state index in [0.29, 0.717) is 0 Å². The fourth-order valence-corrected chi connectivity index (χ4v) is 1.50. The molecule has 1 aromatic rings. The van der Waals surface area contributed by atoms with E-state index in [1.807, 2.05) is 19.1 Å². The maximum atomic E-state index is 11.9. The van der Waals surface area contributed by atoms with Gasteiger partial charge in [-0.15, -0.1) is 0 Å². The van der Waals surface area contributed by atoms with Gasteiger partial charge in [-0.25, -0.2) is 0 Å². The number of aliphatic hydroxyl groups is 1. The lowest BCUT2D eigenvalue weighted by Crippen LogP contribution is -2.21. The predicted octanol–water partition coefficient (Wildman–Crippen LogP) is 2.65. The van der Waals surface area contributed by atoms with Crippen molar-refractivity contribution in [2.24, 2.45) is 0 Å². The average molecular weight is 248 g/mol. The van der Waals surface area contributed by atoms with Crippen molar-refractivity contribution in [3.8, 4) is 0 Å². The Bertz CT molecular complexity index is 350. The summed E-state index contributed by atoms with van der Waals surface area (Å²) in [6.07, 6.45) is -4.33. The van der Waals surface area contributed by atoms with Crippen molar-refractivity contribution in [2.75, 3.05) is 19.8 Å². The molecular weight excluding hydrogens is 233 g/mol. The quantitative estimate of drug-likeness (QED) is 0.868. The highest BCUT2D eigenvalue weighted by molar-refractivity contribution is 5.25. The Kier molecular flexibility index (Phi) is 4.96. The largest absolute Gasteiger partial charge is 0.411 e.